The smallest absolute Gasteiger partial charge is 0.292 e. The van der Waals surface area contributed by atoms with E-state index >= 15 is 0 Å². The van der Waals surface area contributed by atoms with Crippen molar-refractivity contribution >= 4 is 22.1 Å². The van der Waals surface area contributed by atoms with Gasteiger partial charge in [-0.2, -0.15) is 0 Å². The van der Waals surface area contributed by atoms with Crippen LogP contribution in [0.25, 0.3) is 0 Å². The summed E-state index contributed by atoms with van der Waals surface area (Å²) >= 11 is 0. The van der Waals surface area contributed by atoms with E-state index in [2.05, 4.69) is 4.99 Å². The molecule has 2 nitrogen and oxygen atoms in total. The summed E-state index contributed by atoms with van der Waals surface area (Å²) < 4.78 is 67.8. The molecular weight excluding hydrogens is 289 g/mol. The van der Waals surface area contributed by atoms with Crippen LogP contribution in [0.3, 0.4) is 0 Å². The second-order valence-corrected chi connectivity index (χ2v) is 6.61. The second-order valence-electron chi connectivity index (χ2n) is 3.95. The number of benzene rings is 1. The second kappa shape index (κ2) is 4.36. The molecule has 8 heteroatoms. The van der Waals surface area contributed by atoms with Crippen molar-refractivity contribution in [3.63, 3.8) is 0 Å². The molecule has 0 aliphatic heterocycles. The largest absolute Gasteiger partial charge is 0.497 e. The minimum absolute atomic E-state index is 0.154. The van der Waals surface area contributed by atoms with Crippen LogP contribution < -0.4 is 4.74 Å². The highest BCUT2D eigenvalue weighted by Crippen LogP contribution is 3.00. The van der Waals surface area contributed by atoms with E-state index in [-0.39, 0.29) is 11.9 Å². The summed E-state index contributed by atoms with van der Waals surface area (Å²) in [5.74, 6) is 0.499. The first-order chi connectivity index (χ1) is 8.46. The van der Waals surface area contributed by atoms with E-state index < -0.39 is 21.9 Å². The van der Waals surface area contributed by atoms with Gasteiger partial charge in [0.05, 0.1) is 12.8 Å². The van der Waals surface area contributed by atoms with Crippen molar-refractivity contribution in [3.8, 4) is 5.75 Å². The van der Waals surface area contributed by atoms with Crippen LogP contribution in [0.1, 0.15) is 13.3 Å². The Hall–Kier alpha value is -1.31. The highest BCUT2D eigenvalue weighted by atomic mass is 32.5. The highest BCUT2D eigenvalue weighted by Gasteiger charge is 2.68. The van der Waals surface area contributed by atoms with Gasteiger partial charge in [-0.15, -0.1) is 0 Å². The van der Waals surface area contributed by atoms with E-state index in [9.17, 15) is 19.4 Å². The van der Waals surface area contributed by atoms with Gasteiger partial charge < -0.3 is 4.74 Å². The van der Waals surface area contributed by atoms with Gasteiger partial charge in [0.2, 0.25) is 0 Å². The lowest BCUT2D eigenvalue weighted by molar-refractivity contribution is 0.354. The van der Waals surface area contributed by atoms with Crippen molar-refractivity contribution in [2.45, 2.75) is 18.6 Å². The molecule has 110 valence electrons. The van der Waals surface area contributed by atoms with Gasteiger partial charge >= 0.3 is 0 Å². The fourth-order valence-electron chi connectivity index (χ4n) is 1.37. The van der Waals surface area contributed by atoms with Crippen LogP contribution >= 0.6 is 10.2 Å². The first kappa shape index (κ1) is 15.7. The van der Waals surface area contributed by atoms with E-state index in [0.29, 0.717) is 5.75 Å². The summed E-state index contributed by atoms with van der Waals surface area (Å²) in [5, 5.41) is -2.82. The van der Waals surface area contributed by atoms with Crippen LogP contribution in [0.15, 0.2) is 29.3 Å². The summed E-state index contributed by atoms with van der Waals surface area (Å²) in [6.07, 6.45) is -0.485. The number of hydrogen-bond donors (Lipinski definition) is 0. The Morgan fingerprint density at radius 3 is 2.05 bits per heavy atom. The Morgan fingerprint density at radius 1 is 1.16 bits per heavy atom. The average Bonchev–Trinajstić information content (AvgIpc) is 2.27. The van der Waals surface area contributed by atoms with Gasteiger partial charge in [0.25, 0.3) is 10.2 Å². The molecule has 1 aromatic rings. The molecule has 0 heterocycles. The van der Waals surface area contributed by atoms with Crippen molar-refractivity contribution in [2.75, 3.05) is 7.11 Å². The Morgan fingerprint density at radius 2 is 1.68 bits per heavy atom. The number of ether oxygens (including phenoxy) is 1. The van der Waals surface area contributed by atoms with Crippen molar-refractivity contribution < 1.29 is 24.2 Å². The summed E-state index contributed by atoms with van der Waals surface area (Å²) in [6.45, 7) is 1.04. The van der Waals surface area contributed by atoms with Crippen LogP contribution in [-0.4, -0.2) is 18.6 Å². The standard InChI is InChI=1S/C11H14F5NOS/c1-3-11(19(12,13,14,15)16)8-17-9-4-6-10(18-2)7-5-9/h4-8,11H,3H2,1-2H3. The average molecular weight is 303 g/mol. The van der Waals surface area contributed by atoms with Gasteiger partial charge in [0.1, 0.15) is 11.0 Å². The molecule has 1 atom stereocenters. The fourth-order valence-corrected chi connectivity index (χ4v) is 2.29. The molecule has 0 aliphatic rings. The lowest BCUT2D eigenvalue weighted by atomic mass is 10.3. The molecule has 0 spiro atoms. The van der Waals surface area contributed by atoms with Crippen molar-refractivity contribution in [2.24, 2.45) is 4.99 Å². The van der Waals surface area contributed by atoms with Crippen LogP contribution in [0.2, 0.25) is 0 Å². The predicted octanol–water partition coefficient (Wildman–Crippen LogP) is 5.47. The predicted molar refractivity (Wildman–Crippen MR) is 68.4 cm³/mol. The van der Waals surface area contributed by atoms with Crippen LogP contribution in [0, 0.1) is 0 Å². The number of halogens is 5. The molecule has 1 unspecified atom stereocenters. The highest BCUT2D eigenvalue weighted by molar-refractivity contribution is 8.46. The molecule has 0 aromatic heterocycles. The van der Waals surface area contributed by atoms with E-state index in [4.69, 9.17) is 4.74 Å². The maximum atomic E-state index is 12.6. The molecular formula is C11H14F5NOS. The van der Waals surface area contributed by atoms with Gasteiger partial charge in [0, 0.05) is 6.21 Å². The van der Waals surface area contributed by atoms with Crippen molar-refractivity contribution in [1.29, 1.82) is 0 Å². The van der Waals surface area contributed by atoms with Crippen LogP contribution in [-0.2, 0) is 0 Å². The van der Waals surface area contributed by atoms with Crippen molar-refractivity contribution in [1.82, 2.24) is 0 Å². The van der Waals surface area contributed by atoms with Crippen LogP contribution in [0.4, 0.5) is 25.1 Å². The van der Waals surface area contributed by atoms with E-state index in [1.165, 1.54) is 31.4 Å². The molecule has 0 N–H and O–H groups in total. The lowest BCUT2D eigenvalue weighted by Crippen LogP contribution is -2.25. The third-order valence-corrected chi connectivity index (χ3v) is 4.04. The molecule has 0 saturated carbocycles. The Balaban J connectivity index is 2.96. The number of hydrogen-bond acceptors (Lipinski definition) is 2. The maximum Gasteiger partial charge on any atom is 0.292 e. The third-order valence-electron chi connectivity index (χ3n) is 2.44. The molecule has 0 radical (unpaired) electrons. The molecule has 0 fully saturated rings. The zero-order valence-corrected chi connectivity index (χ0v) is 11.1. The Bertz CT molecular complexity index is 467. The first-order valence-electron chi connectivity index (χ1n) is 5.37. The molecule has 0 saturated heterocycles. The molecule has 0 amide bonds. The van der Waals surface area contributed by atoms with Crippen molar-refractivity contribution in [3.05, 3.63) is 24.3 Å². The summed E-state index contributed by atoms with van der Waals surface area (Å²) in [4.78, 5) is 3.46. The lowest BCUT2D eigenvalue weighted by Gasteiger charge is -2.45. The molecule has 0 bridgehead atoms. The fraction of sp³-hybridized carbons (Fsp3) is 0.364. The van der Waals surface area contributed by atoms with E-state index in [1.807, 2.05) is 0 Å². The van der Waals surface area contributed by atoms with E-state index in [0.717, 1.165) is 6.92 Å². The Labute approximate surface area is 108 Å². The third kappa shape index (κ3) is 4.70. The molecule has 1 aromatic carbocycles. The minimum atomic E-state index is -9.54. The summed E-state index contributed by atoms with van der Waals surface area (Å²) in [6, 6.07) is 5.72. The zero-order valence-electron chi connectivity index (χ0n) is 10.3. The number of aliphatic imine (C=N–C) groups is 1. The number of nitrogens with zero attached hydrogens (tertiary/aromatic N) is 1. The minimum Gasteiger partial charge on any atom is -0.497 e. The monoisotopic (exact) mass is 303 g/mol. The summed E-state index contributed by atoms with van der Waals surface area (Å²) in [7, 11) is -8.11. The first-order valence-corrected chi connectivity index (χ1v) is 7.39. The quantitative estimate of drug-likeness (QED) is 0.522. The number of rotatable bonds is 5. The molecule has 19 heavy (non-hydrogen) atoms. The normalized spacial score (nSPS) is 17.8. The number of methoxy groups -OCH3 is 1. The van der Waals surface area contributed by atoms with Gasteiger partial charge in [0.15, 0.2) is 0 Å². The van der Waals surface area contributed by atoms with Crippen LogP contribution in [0.5, 0.6) is 5.75 Å². The maximum absolute atomic E-state index is 12.6. The van der Waals surface area contributed by atoms with Gasteiger partial charge in [-0.3, -0.25) is 4.99 Å². The van der Waals surface area contributed by atoms with E-state index in [1.54, 1.807) is 0 Å². The van der Waals surface area contributed by atoms with Gasteiger partial charge in [-0.05, 0) is 30.7 Å². The molecule has 0 aliphatic carbocycles. The van der Waals surface area contributed by atoms with Gasteiger partial charge in [-0.1, -0.05) is 26.4 Å². The summed E-state index contributed by atoms with van der Waals surface area (Å²) in [5.41, 5.74) is 0.154. The molecule has 1 rings (SSSR count). The topological polar surface area (TPSA) is 21.6 Å². The van der Waals surface area contributed by atoms with Gasteiger partial charge in [-0.25, -0.2) is 0 Å². The SMILES string of the molecule is CCC(C=Nc1ccc(OC)cc1)S(F)(F)(F)(F)F. The Kier molecular flexibility index (Phi) is 3.62. The zero-order chi connectivity index (χ0) is 14.8.